The predicted molar refractivity (Wildman–Crippen MR) is 96.8 cm³/mol. The number of methoxy groups -OCH3 is 1. The molecule has 2 heterocycles. The number of aliphatic hydroxyl groups is 1. The molecule has 0 saturated carbocycles. The summed E-state index contributed by atoms with van der Waals surface area (Å²) in [6.45, 7) is 8.82. The van der Waals surface area contributed by atoms with Gasteiger partial charge in [0.2, 0.25) is 0 Å². The van der Waals surface area contributed by atoms with Crippen LogP contribution in [-0.4, -0.2) is 41.5 Å². The molecular formula is C20H28N2O3. The average Bonchev–Trinajstić information content (AvgIpc) is 2.90. The lowest BCUT2D eigenvalue weighted by Crippen LogP contribution is -2.41. The van der Waals surface area contributed by atoms with Gasteiger partial charge in [0.25, 0.3) is 0 Å². The number of ether oxygens (including phenoxy) is 1. The van der Waals surface area contributed by atoms with Crippen LogP contribution in [0.15, 0.2) is 22.7 Å². The van der Waals surface area contributed by atoms with Crippen molar-refractivity contribution in [1.82, 2.24) is 10.1 Å². The van der Waals surface area contributed by atoms with E-state index in [2.05, 4.69) is 29.1 Å². The van der Waals surface area contributed by atoms with Gasteiger partial charge in [-0.3, -0.25) is 4.90 Å². The molecular weight excluding hydrogens is 316 g/mol. The third-order valence-corrected chi connectivity index (χ3v) is 5.24. The van der Waals surface area contributed by atoms with Gasteiger partial charge in [0.1, 0.15) is 11.5 Å². The maximum atomic E-state index is 9.91. The van der Waals surface area contributed by atoms with Gasteiger partial charge in [-0.25, -0.2) is 0 Å². The molecule has 1 fully saturated rings. The molecule has 0 radical (unpaired) electrons. The van der Waals surface area contributed by atoms with Crippen molar-refractivity contribution >= 4 is 0 Å². The van der Waals surface area contributed by atoms with E-state index in [-0.39, 0.29) is 6.10 Å². The zero-order valence-corrected chi connectivity index (χ0v) is 15.6. The number of aryl methyl sites for hydroxylation is 2. The van der Waals surface area contributed by atoms with Crippen molar-refractivity contribution < 1.29 is 14.4 Å². The second-order valence-electron chi connectivity index (χ2n) is 7.19. The quantitative estimate of drug-likeness (QED) is 0.903. The molecule has 1 aromatic heterocycles. The normalized spacial score (nSPS) is 21.5. The van der Waals surface area contributed by atoms with Crippen LogP contribution in [0.25, 0.3) is 0 Å². The van der Waals surface area contributed by atoms with Crippen LogP contribution in [0, 0.1) is 19.8 Å². The zero-order valence-electron chi connectivity index (χ0n) is 15.6. The van der Waals surface area contributed by atoms with E-state index in [4.69, 9.17) is 9.26 Å². The van der Waals surface area contributed by atoms with Gasteiger partial charge in [-0.05, 0) is 43.4 Å². The van der Waals surface area contributed by atoms with Crippen molar-refractivity contribution in [3.8, 4) is 5.75 Å². The van der Waals surface area contributed by atoms with Gasteiger partial charge >= 0.3 is 0 Å². The SMILES string of the molecule is COc1ccc(CN2CCC(O)C(C)C2)cc1Cc1c(C)noc1C. The Bertz CT molecular complexity index is 706. The van der Waals surface area contributed by atoms with Crippen LogP contribution in [0.3, 0.4) is 0 Å². The summed E-state index contributed by atoms with van der Waals surface area (Å²) < 4.78 is 10.8. The summed E-state index contributed by atoms with van der Waals surface area (Å²) in [5, 5.41) is 14.0. The number of rotatable bonds is 5. The number of nitrogens with zero attached hydrogens (tertiary/aromatic N) is 2. The minimum absolute atomic E-state index is 0.165. The summed E-state index contributed by atoms with van der Waals surface area (Å²) >= 11 is 0. The Morgan fingerprint density at radius 1 is 1.36 bits per heavy atom. The Morgan fingerprint density at radius 2 is 2.16 bits per heavy atom. The minimum atomic E-state index is -0.165. The first-order valence-corrected chi connectivity index (χ1v) is 8.96. The molecule has 1 aromatic carbocycles. The standard InChI is InChI=1S/C20H28N2O3/c1-13-11-22(8-7-19(13)23)12-16-5-6-20(24-4)17(9-16)10-18-14(2)21-25-15(18)3/h5-6,9,13,19,23H,7-8,10-12H2,1-4H3. The molecule has 1 saturated heterocycles. The number of piperidine rings is 1. The van der Waals surface area contributed by atoms with Gasteiger partial charge in [-0.1, -0.05) is 24.2 Å². The lowest BCUT2D eigenvalue weighted by atomic mass is 9.96. The van der Waals surface area contributed by atoms with Crippen LogP contribution < -0.4 is 4.74 Å². The largest absolute Gasteiger partial charge is 0.496 e. The molecule has 1 aliphatic heterocycles. The fourth-order valence-corrected chi connectivity index (χ4v) is 3.63. The van der Waals surface area contributed by atoms with Crippen LogP contribution in [-0.2, 0) is 13.0 Å². The van der Waals surface area contributed by atoms with E-state index in [0.717, 1.165) is 60.8 Å². The Morgan fingerprint density at radius 3 is 2.80 bits per heavy atom. The fraction of sp³-hybridized carbons (Fsp3) is 0.550. The van der Waals surface area contributed by atoms with E-state index in [1.807, 2.05) is 19.9 Å². The Balaban J connectivity index is 1.78. The summed E-state index contributed by atoms with van der Waals surface area (Å²) in [6.07, 6.45) is 1.44. The van der Waals surface area contributed by atoms with Crippen molar-refractivity contribution in [2.75, 3.05) is 20.2 Å². The van der Waals surface area contributed by atoms with Crippen molar-refractivity contribution in [3.63, 3.8) is 0 Å². The third kappa shape index (κ3) is 4.05. The third-order valence-electron chi connectivity index (χ3n) is 5.24. The summed E-state index contributed by atoms with van der Waals surface area (Å²) in [5.74, 6) is 2.09. The fourth-order valence-electron chi connectivity index (χ4n) is 3.63. The maximum Gasteiger partial charge on any atom is 0.137 e. The summed E-state index contributed by atoms with van der Waals surface area (Å²) in [4.78, 5) is 2.42. The molecule has 2 aromatic rings. The first-order valence-electron chi connectivity index (χ1n) is 8.96. The van der Waals surface area contributed by atoms with Gasteiger partial charge in [-0.15, -0.1) is 0 Å². The van der Waals surface area contributed by atoms with Gasteiger partial charge < -0.3 is 14.4 Å². The second kappa shape index (κ2) is 7.58. The number of hydrogen-bond donors (Lipinski definition) is 1. The molecule has 25 heavy (non-hydrogen) atoms. The lowest BCUT2D eigenvalue weighted by molar-refractivity contribution is 0.0320. The Hall–Kier alpha value is -1.85. The van der Waals surface area contributed by atoms with Crippen molar-refractivity contribution in [2.24, 2.45) is 5.92 Å². The van der Waals surface area contributed by atoms with E-state index < -0.39 is 0 Å². The van der Waals surface area contributed by atoms with Crippen LogP contribution in [0.4, 0.5) is 0 Å². The van der Waals surface area contributed by atoms with Gasteiger partial charge in [-0.2, -0.15) is 0 Å². The van der Waals surface area contributed by atoms with E-state index in [1.54, 1.807) is 7.11 Å². The van der Waals surface area contributed by atoms with Crippen molar-refractivity contribution in [1.29, 1.82) is 0 Å². The van der Waals surface area contributed by atoms with E-state index in [9.17, 15) is 5.11 Å². The second-order valence-corrected chi connectivity index (χ2v) is 7.19. The maximum absolute atomic E-state index is 9.91. The first-order chi connectivity index (χ1) is 12.0. The number of aromatic nitrogens is 1. The number of aliphatic hydroxyl groups excluding tert-OH is 1. The minimum Gasteiger partial charge on any atom is -0.496 e. The molecule has 136 valence electrons. The smallest absolute Gasteiger partial charge is 0.137 e. The lowest BCUT2D eigenvalue weighted by Gasteiger charge is -2.34. The van der Waals surface area contributed by atoms with Crippen LogP contribution in [0.2, 0.25) is 0 Å². The molecule has 0 amide bonds. The van der Waals surface area contributed by atoms with Gasteiger partial charge in [0.15, 0.2) is 0 Å². The number of hydrogen-bond acceptors (Lipinski definition) is 5. The highest BCUT2D eigenvalue weighted by molar-refractivity contribution is 5.41. The topological polar surface area (TPSA) is 58.7 Å². The molecule has 2 unspecified atom stereocenters. The monoisotopic (exact) mass is 344 g/mol. The molecule has 0 aliphatic carbocycles. The molecule has 5 nitrogen and oxygen atoms in total. The van der Waals surface area contributed by atoms with Crippen LogP contribution in [0.5, 0.6) is 5.75 Å². The molecule has 1 N–H and O–H groups in total. The average molecular weight is 344 g/mol. The van der Waals surface area contributed by atoms with Crippen molar-refractivity contribution in [3.05, 3.63) is 46.3 Å². The van der Waals surface area contributed by atoms with Crippen molar-refractivity contribution in [2.45, 2.75) is 46.3 Å². The summed E-state index contributed by atoms with van der Waals surface area (Å²) in [6, 6.07) is 6.40. The molecule has 3 rings (SSSR count). The molecule has 2 atom stereocenters. The highest BCUT2D eigenvalue weighted by Crippen LogP contribution is 2.27. The van der Waals surface area contributed by atoms with Gasteiger partial charge in [0.05, 0.1) is 18.9 Å². The molecule has 5 heteroatoms. The first kappa shape index (κ1) is 18.0. The molecule has 1 aliphatic rings. The number of benzene rings is 1. The molecule has 0 bridgehead atoms. The van der Waals surface area contributed by atoms with E-state index in [1.165, 1.54) is 5.56 Å². The van der Waals surface area contributed by atoms with Crippen LogP contribution in [0.1, 0.15) is 41.5 Å². The predicted octanol–water partition coefficient (Wildman–Crippen LogP) is 3.09. The van der Waals surface area contributed by atoms with Gasteiger partial charge in [0, 0.05) is 31.6 Å². The van der Waals surface area contributed by atoms with E-state index >= 15 is 0 Å². The summed E-state index contributed by atoms with van der Waals surface area (Å²) in [7, 11) is 1.71. The molecule has 0 spiro atoms. The highest BCUT2D eigenvalue weighted by Gasteiger charge is 2.24. The Kier molecular flexibility index (Phi) is 5.45. The highest BCUT2D eigenvalue weighted by atomic mass is 16.5. The summed E-state index contributed by atoms with van der Waals surface area (Å²) in [5.41, 5.74) is 4.49. The zero-order chi connectivity index (χ0) is 18.0. The van der Waals surface area contributed by atoms with Crippen LogP contribution >= 0.6 is 0 Å². The Labute approximate surface area is 149 Å². The van der Waals surface area contributed by atoms with E-state index in [0.29, 0.717) is 5.92 Å². The number of likely N-dealkylation sites (tertiary alicyclic amines) is 1.